The second-order valence-corrected chi connectivity index (χ2v) is 3.52. The number of nitrogens with one attached hydrogen (secondary N) is 1. The number of aliphatic hydroxyl groups is 1. The summed E-state index contributed by atoms with van der Waals surface area (Å²) in [5.41, 5.74) is -0.475. The lowest BCUT2D eigenvalue weighted by Gasteiger charge is -2.30. The van der Waals surface area contributed by atoms with Crippen LogP contribution in [0.2, 0.25) is 0 Å². The van der Waals surface area contributed by atoms with E-state index in [1.807, 2.05) is 26.8 Å². The Labute approximate surface area is 91.9 Å². The minimum atomic E-state index is -0.475. The van der Waals surface area contributed by atoms with Crippen LogP contribution in [0.25, 0.3) is 0 Å². The Morgan fingerprint density at radius 2 is 1.93 bits per heavy atom. The van der Waals surface area contributed by atoms with E-state index in [2.05, 4.69) is 5.32 Å². The van der Waals surface area contributed by atoms with E-state index in [9.17, 15) is 9.90 Å². The molecule has 0 unspecified atom stereocenters. The van der Waals surface area contributed by atoms with Gasteiger partial charge in [0.15, 0.2) is 0 Å². The average molecular weight is 211 g/mol. The molecule has 2 N–H and O–H groups in total. The molecule has 0 aromatic carbocycles. The summed E-state index contributed by atoms with van der Waals surface area (Å²) in [6.07, 6.45) is 8.24. The highest BCUT2D eigenvalue weighted by atomic mass is 16.3. The summed E-state index contributed by atoms with van der Waals surface area (Å²) in [7, 11) is 0. The van der Waals surface area contributed by atoms with Crippen LogP contribution in [0.1, 0.15) is 33.6 Å². The Balaban J connectivity index is 4.35. The van der Waals surface area contributed by atoms with Crippen LogP contribution in [0, 0.1) is 0 Å². The predicted octanol–water partition coefficient (Wildman–Crippen LogP) is 1.79. The zero-order valence-corrected chi connectivity index (χ0v) is 9.79. The van der Waals surface area contributed by atoms with E-state index in [1.165, 1.54) is 6.08 Å². The van der Waals surface area contributed by atoms with E-state index in [0.717, 1.165) is 12.8 Å². The Morgan fingerprint density at radius 3 is 2.33 bits per heavy atom. The molecule has 15 heavy (non-hydrogen) atoms. The van der Waals surface area contributed by atoms with Crippen molar-refractivity contribution in [1.82, 2.24) is 5.32 Å². The largest absolute Gasteiger partial charge is 0.394 e. The lowest BCUT2D eigenvalue weighted by Crippen LogP contribution is -2.49. The number of amides is 1. The second kappa shape index (κ2) is 7.23. The number of allylic oxidation sites excluding steroid dienone is 3. The second-order valence-electron chi connectivity index (χ2n) is 3.52. The molecule has 1 amide bonds. The number of aliphatic hydroxyl groups excluding tert-OH is 1. The molecule has 0 radical (unpaired) electrons. The number of hydrogen-bond acceptors (Lipinski definition) is 2. The first kappa shape index (κ1) is 13.9. The molecule has 3 heteroatoms. The fourth-order valence-electron chi connectivity index (χ4n) is 1.25. The molecule has 0 fully saturated rings. The Morgan fingerprint density at radius 1 is 1.33 bits per heavy atom. The number of carbonyl (C=O) groups excluding carboxylic acids is 1. The normalized spacial score (nSPS) is 12.5. The van der Waals surface area contributed by atoms with Gasteiger partial charge in [0.25, 0.3) is 0 Å². The van der Waals surface area contributed by atoms with Crippen LogP contribution >= 0.6 is 0 Å². The van der Waals surface area contributed by atoms with Crippen molar-refractivity contribution in [3.63, 3.8) is 0 Å². The molecule has 0 aromatic rings. The van der Waals surface area contributed by atoms with Gasteiger partial charge in [-0.15, -0.1) is 0 Å². The molecule has 86 valence electrons. The van der Waals surface area contributed by atoms with Crippen LogP contribution < -0.4 is 5.32 Å². The van der Waals surface area contributed by atoms with Crippen molar-refractivity contribution >= 4 is 5.91 Å². The molecule has 0 bridgehead atoms. The fraction of sp³-hybridized carbons (Fsp3) is 0.583. The van der Waals surface area contributed by atoms with E-state index in [0.29, 0.717) is 0 Å². The fourth-order valence-corrected chi connectivity index (χ4v) is 1.25. The molecule has 0 atom stereocenters. The topological polar surface area (TPSA) is 49.3 Å². The first-order valence-corrected chi connectivity index (χ1v) is 5.36. The predicted molar refractivity (Wildman–Crippen MR) is 62.5 cm³/mol. The van der Waals surface area contributed by atoms with Crippen LogP contribution in [0.4, 0.5) is 0 Å². The van der Waals surface area contributed by atoms with Gasteiger partial charge in [-0.05, 0) is 19.8 Å². The molecule has 0 aliphatic heterocycles. The zero-order valence-electron chi connectivity index (χ0n) is 9.79. The summed E-state index contributed by atoms with van der Waals surface area (Å²) in [6, 6.07) is 0. The SMILES string of the molecule is CC=CC=CC(=O)NC(CC)(CC)CO. The van der Waals surface area contributed by atoms with Gasteiger partial charge >= 0.3 is 0 Å². The lowest BCUT2D eigenvalue weighted by atomic mass is 9.94. The van der Waals surface area contributed by atoms with Gasteiger partial charge in [-0.2, -0.15) is 0 Å². The third-order valence-corrected chi connectivity index (χ3v) is 2.60. The van der Waals surface area contributed by atoms with Crippen molar-refractivity contribution in [3.8, 4) is 0 Å². The van der Waals surface area contributed by atoms with Gasteiger partial charge in [-0.3, -0.25) is 4.79 Å². The molecule has 0 aromatic heterocycles. The van der Waals surface area contributed by atoms with Crippen LogP contribution in [0.3, 0.4) is 0 Å². The van der Waals surface area contributed by atoms with Crippen LogP contribution in [-0.2, 0) is 4.79 Å². The van der Waals surface area contributed by atoms with Gasteiger partial charge in [0, 0.05) is 6.08 Å². The molecule has 0 heterocycles. The summed E-state index contributed by atoms with van der Waals surface area (Å²) in [5, 5.41) is 12.1. The summed E-state index contributed by atoms with van der Waals surface area (Å²) >= 11 is 0. The highest BCUT2D eigenvalue weighted by Gasteiger charge is 2.25. The van der Waals surface area contributed by atoms with Crippen molar-refractivity contribution in [2.24, 2.45) is 0 Å². The van der Waals surface area contributed by atoms with Crippen molar-refractivity contribution in [2.45, 2.75) is 39.2 Å². The van der Waals surface area contributed by atoms with E-state index in [4.69, 9.17) is 0 Å². The summed E-state index contributed by atoms with van der Waals surface area (Å²) in [4.78, 5) is 11.5. The molecule has 0 rings (SSSR count). The zero-order chi connectivity index (χ0) is 11.7. The van der Waals surface area contributed by atoms with Crippen molar-refractivity contribution in [3.05, 3.63) is 24.3 Å². The molecule has 0 aliphatic rings. The molecule has 0 saturated carbocycles. The molecule has 3 nitrogen and oxygen atoms in total. The monoisotopic (exact) mass is 211 g/mol. The highest BCUT2D eigenvalue weighted by Crippen LogP contribution is 2.13. The van der Waals surface area contributed by atoms with E-state index >= 15 is 0 Å². The standard InChI is InChI=1S/C12H21NO2/c1-4-7-8-9-11(15)13-12(5-2,6-3)10-14/h4,7-9,14H,5-6,10H2,1-3H3,(H,13,15). The first-order valence-electron chi connectivity index (χ1n) is 5.36. The van der Waals surface area contributed by atoms with Crippen molar-refractivity contribution in [1.29, 1.82) is 0 Å². The van der Waals surface area contributed by atoms with Crippen molar-refractivity contribution < 1.29 is 9.90 Å². The minimum absolute atomic E-state index is 0.0246. The van der Waals surface area contributed by atoms with Crippen LogP contribution in [0.5, 0.6) is 0 Å². The Bertz CT molecular complexity index is 232. The number of hydrogen-bond donors (Lipinski definition) is 2. The maximum Gasteiger partial charge on any atom is 0.244 e. The van der Waals surface area contributed by atoms with Crippen LogP contribution in [0.15, 0.2) is 24.3 Å². The minimum Gasteiger partial charge on any atom is -0.394 e. The first-order chi connectivity index (χ1) is 7.14. The molecule has 0 spiro atoms. The van der Waals surface area contributed by atoms with Crippen molar-refractivity contribution in [2.75, 3.05) is 6.61 Å². The molecular formula is C12H21NO2. The number of rotatable bonds is 6. The van der Waals surface area contributed by atoms with Gasteiger partial charge < -0.3 is 10.4 Å². The van der Waals surface area contributed by atoms with Gasteiger partial charge in [-0.25, -0.2) is 0 Å². The summed E-state index contributed by atoms with van der Waals surface area (Å²) < 4.78 is 0. The number of carbonyl (C=O) groups is 1. The third kappa shape index (κ3) is 4.79. The smallest absolute Gasteiger partial charge is 0.244 e. The molecule has 0 aliphatic carbocycles. The van der Waals surface area contributed by atoms with Gasteiger partial charge in [0.05, 0.1) is 12.1 Å². The van der Waals surface area contributed by atoms with E-state index < -0.39 is 5.54 Å². The maximum atomic E-state index is 11.5. The molecule has 0 saturated heterocycles. The Kier molecular flexibility index (Phi) is 6.71. The van der Waals surface area contributed by atoms with E-state index in [-0.39, 0.29) is 12.5 Å². The average Bonchev–Trinajstić information content (AvgIpc) is 2.26. The van der Waals surface area contributed by atoms with Gasteiger partial charge in [-0.1, -0.05) is 32.1 Å². The molecular weight excluding hydrogens is 190 g/mol. The lowest BCUT2D eigenvalue weighted by molar-refractivity contribution is -0.119. The quantitative estimate of drug-likeness (QED) is 0.520. The summed E-state index contributed by atoms with van der Waals surface area (Å²) in [5.74, 6) is -0.161. The third-order valence-electron chi connectivity index (χ3n) is 2.60. The maximum absolute atomic E-state index is 11.5. The Hall–Kier alpha value is -1.09. The van der Waals surface area contributed by atoms with E-state index in [1.54, 1.807) is 12.2 Å². The van der Waals surface area contributed by atoms with Gasteiger partial charge in [0.1, 0.15) is 0 Å². The summed E-state index contributed by atoms with van der Waals surface area (Å²) in [6.45, 7) is 5.77. The highest BCUT2D eigenvalue weighted by molar-refractivity contribution is 5.88. The van der Waals surface area contributed by atoms with Gasteiger partial charge in [0.2, 0.25) is 5.91 Å². The van der Waals surface area contributed by atoms with Crippen LogP contribution in [-0.4, -0.2) is 23.2 Å².